The Labute approximate surface area is 113 Å². The summed E-state index contributed by atoms with van der Waals surface area (Å²) in [6.45, 7) is 9.70. The number of rotatable bonds is 6. The van der Waals surface area contributed by atoms with Crippen LogP contribution in [0.3, 0.4) is 0 Å². The van der Waals surface area contributed by atoms with Gasteiger partial charge in [-0.25, -0.2) is 0 Å². The van der Waals surface area contributed by atoms with Crippen LogP contribution in [0.5, 0.6) is 0 Å². The van der Waals surface area contributed by atoms with Crippen LogP contribution in [0.15, 0.2) is 4.99 Å². The maximum absolute atomic E-state index is 12.0. The Hall–Kier alpha value is -0.980. The predicted octanol–water partition coefficient (Wildman–Crippen LogP) is 1.88. The van der Waals surface area contributed by atoms with Gasteiger partial charge in [0.15, 0.2) is 5.96 Å². The molecule has 0 rings (SSSR count). The zero-order valence-corrected chi connectivity index (χ0v) is 12.1. The molecule has 0 aromatic carbocycles. The lowest BCUT2D eigenvalue weighted by molar-refractivity contribution is -0.132. The molecule has 19 heavy (non-hydrogen) atoms. The zero-order valence-electron chi connectivity index (χ0n) is 12.1. The SMILES string of the molecule is CCNC(=NCCC(F)(F)F)NCCNC(C)(C)C. The Morgan fingerprint density at radius 3 is 2.16 bits per heavy atom. The smallest absolute Gasteiger partial charge is 0.357 e. The number of hydrogen-bond acceptors (Lipinski definition) is 2. The number of nitrogens with zero attached hydrogens (tertiary/aromatic N) is 1. The van der Waals surface area contributed by atoms with E-state index in [1.165, 1.54) is 0 Å². The summed E-state index contributed by atoms with van der Waals surface area (Å²) in [5.41, 5.74) is 0.0213. The van der Waals surface area contributed by atoms with Crippen molar-refractivity contribution in [1.82, 2.24) is 16.0 Å². The van der Waals surface area contributed by atoms with Gasteiger partial charge < -0.3 is 16.0 Å². The molecule has 0 aliphatic carbocycles. The van der Waals surface area contributed by atoms with Crippen molar-refractivity contribution in [3.05, 3.63) is 0 Å². The highest BCUT2D eigenvalue weighted by atomic mass is 19.4. The molecular weight excluding hydrogens is 257 g/mol. The lowest BCUT2D eigenvalue weighted by atomic mass is 10.1. The van der Waals surface area contributed by atoms with E-state index >= 15 is 0 Å². The van der Waals surface area contributed by atoms with E-state index in [1.54, 1.807) is 0 Å². The van der Waals surface area contributed by atoms with Gasteiger partial charge in [0.2, 0.25) is 0 Å². The van der Waals surface area contributed by atoms with Crippen molar-refractivity contribution in [2.24, 2.45) is 4.99 Å². The fraction of sp³-hybridized carbons (Fsp3) is 0.917. The van der Waals surface area contributed by atoms with Crippen molar-refractivity contribution < 1.29 is 13.2 Å². The quantitative estimate of drug-likeness (QED) is 0.396. The molecule has 114 valence electrons. The lowest BCUT2D eigenvalue weighted by Gasteiger charge is -2.21. The van der Waals surface area contributed by atoms with Crippen molar-refractivity contribution >= 4 is 5.96 Å². The van der Waals surface area contributed by atoms with Crippen molar-refractivity contribution in [3.8, 4) is 0 Å². The maximum atomic E-state index is 12.0. The van der Waals surface area contributed by atoms with Crippen LogP contribution < -0.4 is 16.0 Å². The van der Waals surface area contributed by atoms with E-state index in [2.05, 4.69) is 41.7 Å². The van der Waals surface area contributed by atoms with Gasteiger partial charge in [0.25, 0.3) is 0 Å². The molecule has 0 heterocycles. The first-order chi connectivity index (χ1) is 8.64. The summed E-state index contributed by atoms with van der Waals surface area (Å²) in [5, 5.41) is 9.17. The predicted molar refractivity (Wildman–Crippen MR) is 72.4 cm³/mol. The summed E-state index contributed by atoms with van der Waals surface area (Å²) < 4.78 is 36.0. The zero-order chi connectivity index (χ0) is 14.9. The largest absolute Gasteiger partial charge is 0.390 e. The van der Waals surface area contributed by atoms with Gasteiger partial charge in [-0.15, -0.1) is 0 Å². The van der Waals surface area contributed by atoms with E-state index in [0.717, 1.165) is 0 Å². The van der Waals surface area contributed by atoms with Gasteiger partial charge in [-0.1, -0.05) is 0 Å². The molecule has 0 saturated carbocycles. The number of aliphatic imine (C=N–C) groups is 1. The van der Waals surface area contributed by atoms with Gasteiger partial charge in [0.05, 0.1) is 13.0 Å². The summed E-state index contributed by atoms with van der Waals surface area (Å²) >= 11 is 0. The molecule has 0 aromatic heterocycles. The highest BCUT2D eigenvalue weighted by Crippen LogP contribution is 2.18. The van der Waals surface area contributed by atoms with E-state index in [0.29, 0.717) is 25.6 Å². The number of guanidine groups is 1. The average molecular weight is 282 g/mol. The van der Waals surface area contributed by atoms with Crippen LogP contribution in [0.4, 0.5) is 13.2 Å². The molecule has 0 fully saturated rings. The topological polar surface area (TPSA) is 48.5 Å². The van der Waals surface area contributed by atoms with Gasteiger partial charge in [-0.2, -0.15) is 13.2 Å². The molecule has 7 heteroatoms. The molecule has 3 N–H and O–H groups in total. The second kappa shape index (κ2) is 8.24. The maximum Gasteiger partial charge on any atom is 0.390 e. The van der Waals surface area contributed by atoms with Gasteiger partial charge in [-0.3, -0.25) is 4.99 Å². The van der Waals surface area contributed by atoms with E-state index in [4.69, 9.17) is 0 Å². The molecule has 0 radical (unpaired) electrons. The van der Waals surface area contributed by atoms with Crippen LogP contribution >= 0.6 is 0 Å². The third-order valence-corrected chi connectivity index (χ3v) is 2.08. The van der Waals surface area contributed by atoms with Gasteiger partial charge in [-0.05, 0) is 27.7 Å². The minimum absolute atomic E-state index is 0.0213. The van der Waals surface area contributed by atoms with Crippen LogP contribution in [0, 0.1) is 0 Å². The number of halogens is 3. The normalized spacial score (nSPS) is 13.5. The fourth-order valence-electron chi connectivity index (χ4n) is 1.25. The highest BCUT2D eigenvalue weighted by molar-refractivity contribution is 5.79. The lowest BCUT2D eigenvalue weighted by Crippen LogP contribution is -2.44. The van der Waals surface area contributed by atoms with Crippen LogP contribution in [0.25, 0.3) is 0 Å². The number of hydrogen-bond donors (Lipinski definition) is 3. The molecule has 0 saturated heterocycles. The van der Waals surface area contributed by atoms with Crippen molar-refractivity contribution in [1.29, 1.82) is 0 Å². The Bertz CT molecular complexity index is 269. The van der Waals surface area contributed by atoms with Crippen LogP contribution in [0.1, 0.15) is 34.1 Å². The van der Waals surface area contributed by atoms with Crippen molar-refractivity contribution in [2.45, 2.75) is 45.8 Å². The average Bonchev–Trinajstić information content (AvgIpc) is 2.21. The highest BCUT2D eigenvalue weighted by Gasteiger charge is 2.26. The van der Waals surface area contributed by atoms with Gasteiger partial charge in [0, 0.05) is 25.2 Å². The van der Waals surface area contributed by atoms with Crippen molar-refractivity contribution in [3.63, 3.8) is 0 Å². The first kappa shape index (κ1) is 18.0. The Kier molecular flexibility index (Phi) is 7.82. The first-order valence-electron chi connectivity index (χ1n) is 6.48. The molecular formula is C12H25F3N4. The third kappa shape index (κ3) is 13.3. The summed E-state index contributed by atoms with van der Waals surface area (Å²) in [5.74, 6) is 0.419. The van der Waals surface area contributed by atoms with Crippen LogP contribution in [-0.2, 0) is 0 Å². The molecule has 0 amide bonds. The number of nitrogens with one attached hydrogen (secondary N) is 3. The van der Waals surface area contributed by atoms with Gasteiger partial charge in [0.1, 0.15) is 0 Å². The molecule has 0 bridgehead atoms. The van der Waals surface area contributed by atoms with E-state index in [-0.39, 0.29) is 12.1 Å². The molecule has 0 unspecified atom stereocenters. The summed E-state index contributed by atoms with van der Waals surface area (Å²) in [6, 6.07) is 0. The third-order valence-electron chi connectivity index (χ3n) is 2.08. The van der Waals surface area contributed by atoms with E-state index in [1.807, 2.05) is 6.92 Å². The van der Waals surface area contributed by atoms with E-state index in [9.17, 15) is 13.2 Å². The van der Waals surface area contributed by atoms with Crippen LogP contribution in [0.2, 0.25) is 0 Å². The van der Waals surface area contributed by atoms with Crippen molar-refractivity contribution in [2.75, 3.05) is 26.2 Å². The Morgan fingerprint density at radius 2 is 1.68 bits per heavy atom. The molecule has 0 atom stereocenters. The Balaban J connectivity index is 4.01. The standard InChI is InChI=1S/C12H25F3N4/c1-5-16-10(17-7-6-12(13,14)15)18-8-9-19-11(2,3)4/h19H,5-9H2,1-4H3,(H2,16,17,18). The molecule has 4 nitrogen and oxygen atoms in total. The number of alkyl halides is 3. The molecule has 0 aromatic rings. The van der Waals surface area contributed by atoms with Gasteiger partial charge >= 0.3 is 6.18 Å². The summed E-state index contributed by atoms with van der Waals surface area (Å²) in [7, 11) is 0. The van der Waals surface area contributed by atoms with E-state index < -0.39 is 12.6 Å². The monoisotopic (exact) mass is 282 g/mol. The molecule has 0 spiro atoms. The minimum atomic E-state index is -4.16. The second-order valence-corrected chi connectivity index (χ2v) is 5.23. The first-order valence-corrected chi connectivity index (χ1v) is 6.48. The molecule has 0 aliphatic rings. The Morgan fingerprint density at radius 1 is 1.05 bits per heavy atom. The minimum Gasteiger partial charge on any atom is -0.357 e. The second-order valence-electron chi connectivity index (χ2n) is 5.23. The fourth-order valence-corrected chi connectivity index (χ4v) is 1.25. The molecule has 0 aliphatic heterocycles. The van der Waals surface area contributed by atoms with Crippen LogP contribution in [-0.4, -0.2) is 43.9 Å². The summed E-state index contributed by atoms with van der Waals surface area (Å²) in [6.07, 6.45) is -5.06. The summed E-state index contributed by atoms with van der Waals surface area (Å²) in [4.78, 5) is 3.88.